The first-order valence-corrected chi connectivity index (χ1v) is 13.3. The minimum Gasteiger partial charge on any atom is -0.368 e. The van der Waals surface area contributed by atoms with Crippen molar-refractivity contribution in [3.8, 4) is 0 Å². The molecule has 1 amide bonds. The highest BCUT2D eigenvalue weighted by atomic mass is 19.4. The van der Waals surface area contributed by atoms with Gasteiger partial charge >= 0.3 is 12.4 Å². The lowest BCUT2D eigenvalue weighted by Crippen LogP contribution is -2.57. The van der Waals surface area contributed by atoms with Crippen molar-refractivity contribution in [3.63, 3.8) is 0 Å². The molecular formula is C28H36F6N4O3. The lowest BCUT2D eigenvalue weighted by molar-refractivity contribution is -0.143. The van der Waals surface area contributed by atoms with Gasteiger partial charge in [-0.1, -0.05) is 41.5 Å². The van der Waals surface area contributed by atoms with Crippen LogP contribution in [-0.4, -0.2) is 42.5 Å². The third kappa shape index (κ3) is 7.81. The van der Waals surface area contributed by atoms with Gasteiger partial charge < -0.3 is 20.9 Å². The molecule has 0 spiro atoms. The summed E-state index contributed by atoms with van der Waals surface area (Å²) in [7, 11) is 0. The average Bonchev–Trinajstić information content (AvgIpc) is 3.33. The van der Waals surface area contributed by atoms with E-state index >= 15 is 0 Å². The lowest BCUT2D eigenvalue weighted by Gasteiger charge is -2.38. The van der Waals surface area contributed by atoms with Gasteiger partial charge in [0.2, 0.25) is 5.91 Å². The molecule has 1 unspecified atom stereocenters. The van der Waals surface area contributed by atoms with E-state index in [1.807, 2.05) is 20.8 Å². The SMILES string of the molecule is CC(C)(C)C(Nc1c(Nc2cc(C(F)(F)F)cc(C(F)(F)F)c2)c(=O)c1=O)C(=O)N[C@H](CN1CCCC1)C(C)(C)C. The first-order valence-electron chi connectivity index (χ1n) is 13.3. The second kappa shape index (κ2) is 11.3. The Labute approximate surface area is 234 Å². The number of amides is 1. The van der Waals surface area contributed by atoms with Gasteiger partial charge in [-0.15, -0.1) is 0 Å². The Balaban J connectivity index is 1.92. The molecule has 0 radical (unpaired) electrons. The first kappa shape index (κ1) is 32.4. The van der Waals surface area contributed by atoms with Crippen molar-refractivity contribution in [2.24, 2.45) is 10.8 Å². The number of rotatable bonds is 8. The number of hydrogen-bond acceptors (Lipinski definition) is 6. The number of carbonyl (C=O) groups excluding carboxylic acids is 1. The fourth-order valence-corrected chi connectivity index (χ4v) is 4.65. The number of benzene rings is 1. The van der Waals surface area contributed by atoms with E-state index in [-0.39, 0.29) is 23.2 Å². The molecule has 0 aliphatic carbocycles. The predicted molar refractivity (Wildman–Crippen MR) is 145 cm³/mol. The summed E-state index contributed by atoms with van der Waals surface area (Å²) in [5.74, 6) is -0.464. The molecule has 3 rings (SSSR count). The Morgan fingerprint density at radius 2 is 1.29 bits per heavy atom. The van der Waals surface area contributed by atoms with Gasteiger partial charge in [0.15, 0.2) is 0 Å². The Bertz CT molecular complexity index is 1290. The Morgan fingerprint density at radius 3 is 1.73 bits per heavy atom. The monoisotopic (exact) mass is 590 g/mol. The van der Waals surface area contributed by atoms with E-state index in [1.54, 1.807) is 20.8 Å². The quantitative estimate of drug-likeness (QED) is 0.277. The molecule has 13 heteroatoms. The molecule has 3 N–H and O–H groups in total. The molecule has 41 heavy (non-hydrogen) atoms. The fraction of sp³-hybridized carbons (Fsp3) is 0.607. The van der Waals surface area contributed by atoms with Crippen LogP contribution < -0.4 is 26.8 Å². The number of nitrogens with one attached hydrogen (secondary N) is 3. The average molecular weight is 591 g/mol. The summed E-state index contributed by atoms with van der Waals surface area (Å²) in [5.41, 5.74) is -8.06. The molecule has 1 aliphatic rings. The van der Waals surface area contributed by atoms with Gasteiger partial charge in [-0.05, 0) is 55.0 Å². The van der Waals surface area contributed by atoms with Crippen LogP contribution in [0.1, 0.15) is 65.5 Å². The molecule has 0 saturated carbocycles. The molecule has 0 bridgehead atoms. The molecule has 1 fully saturated rings. The molecule has 7 nitrogen and oxygen atoms in total. The van der Waals surface area contributed by atoms with Gasteiger partial charge in [-0.25, -0.2) is 0 Å². The normalized spacial score (nSPS) is 17.0. The number of carbonyl (C=O) groups is 1. The van der Waals surface area contributed by atoms with E-state index in [2.05, 4.69) is 20.9 Å². The molecule has 1 saturated heterocycles. The zero-order chi connectivity index (χ0) is 31.1. The van der Waals surface area contributed by atoms with Crippen molar-refractivity contribution in [2.45, 2.75) is 78.8 Å². The van der Waals surface area contributed by atoms with Crippen LogP contribution in [-0.2, 0) is 17.1 Å². The lowest BCUT2D eigenvalue weighted by atomic mass is 9.83. The van der Waals surface area contributed by atoms with Gasteiger partial charge in [0.1, 0.15) is 17.4 Å². The van der Waals surface area contributed by atoms with Crippen LogP contribution in [0.25, 0.3) is 0 Å². The third-order valence-corrected chi connectivity index (χ3v) is 7.19. The number of likely N-dealkylation sites (tertiary alicyclic amines) is 1. The summed E-state index contributed by atoms with van der Waals surface area (Å²) in [6.07, 6.45) is -8.07. The van der Waals surface area contributed by atoms with Crippen LogP contribution in [0.15, 0.2) is 27.8 Å². The summed E-state index contributed by atoms with van der Waals surface area (Å²) in [6.45, 7) is 13.5. The van der Waals surface area contributed by atoms with E-state index in [4.69, 9.17) is 0 Å². The predicted octanol–water partition coefficient (Wildman–Crippen LogP) is 5.52. The van der Waals surface area contributed by atoms with Crippen LogP contribution in [0, 0.1) is 10.8 Å². The maximum absolute atomic E-state index is 13.6. The van der Waals surface area contributed by atoms with E-state index in [0.29, 0.717) is 18.7 Å². The summed E-state index contributed by atoms with van der Waals surface area (Å²) in [5, 5.41) is 8.06. The molecular weight excluding hydrogens is 554 g/mol. The highest BCUT2D eigenvalue weighted by molar-refractivity contribution is 5.89. The van der Waals surface area contributed by atoms with Crippen LogP contribution in [0.4, 0.5) is 43.4 Å². The van der Waals surface area contributed by atoms with Crippen molar-refractivity contribution in [2.75, 3.05) is 30.3 Å². The number of alkyl halides is 6. The largest absolute Gasteiger partial charge is 0.416 e. The van der Waals surface area contributed by atoms with E-state index in [1.165, 1.54) is 0 Å². The summed E-state index contributed by atoms with van der Waals surface area (Å²) < 4.78 is 79.8. The summed E-state index contributed by atoms with van der Waals surface area (Å²) >= 11 is 0. The van der Waals surface area contributed by atoms with Gasteiger partial charge in [0.25, 0.3) is 10.9 Å². The van der Waals surface area contributed by atoms with Crippen LogP contribution in [0.3, 0.4) is 0 Å². The van der Waals surface area contributed by atoms with Crippen molar-refractivity contribution >= 4 is 23.0 Å². The van der Waals surface area contributed by atoms with Gasteiger partial charge in [0.05, 0.1) is 11.1 Å². The van der Waals surface area contributed by atoms with Crippen LogP contribution >= 0.6 is 0 Å². The molecule has 2 aromatic carbocycles. The van der Waals surface area contributed by atoms with Gasteiger partial charge in [-0.3, -0.25) is 14.4 Å². The van der Waals surface area contributed by atoms with Crippen molar-refractivity contribution in [3.05, 3.63) is 49.8 Å². The first-order chi connectivity index (χ1) is 18.6. The van der Waals surface area contributed by atoms with E-state index < -0.39 is 63.1 Å². The Morgan fingerprint density at radius 1 is 0.805 bits per heavy atom. The van der Waals surface area contributed by atoms with Gasteiger partial charge in [0, 0.05) is 18.3 Å². The number of anilines is 3. The molecule has 1 aliphatic heterocycles. The Kier molecular flexibility index (Phi) is 8.93. The van der Waals surface area contributed by atoms with E-state index in [0.717, 1.165) is 25.9 Å². The van der Waals surface area contributed by atoms with Crippen LogP contribution in [0.2, 0.25) is 0 Å². The second-order valence-corrected chi connectivity index (χ2v) is 12.7. The molecule has 2 aromatic rings. The van der Waals surface area contributed by atoms with E-state index in [9.17, 15) is 40.7 Å². The maximum atomic E-state index is 13.6. The third-order valence-electron chi connectivity index (χ3n) is 7.19. The number of halogens is 6. The van der Waals surface area contributed by atoms with Crippen LogP contribution in [0.5, 0.6) is 0 Å². The second-order valence-electron chi connectivity index (χ2n) is 12.7. The highest BCUT2D eigenvalue weighted by Crippen LogP contribution is 2.38. The molecule has 2 atom stereocenters. The topological polar surface area (TPSA) is 90.5 Å². The summed E-state index contributed by atoms with van der Waals surface area (Å²) in [6, 6.07) is -0.551. The zero-order valence-corrected chi connectivity index (χ0v) is 23.9. The van der Waals surface area contributed by atoms with Crippen molar-refractivity contribution < 1.29 is 31.1 Å². The zero-order valence-electron chi connectivity index (χ0n) is 23.9. The summed E-state index contributed by atoms with van der Waals surface area (Å²) in [4.78, 5) is 40.7. The molecule has 0 aromatic heterocycles. The molecule has 1 heterocycles. The number of hydrogen-bond donors (Lipinski definition) is 3. The fourth-order valence-electron chi connectivity index (χ4n) is 4.65. The minimum absolute atomic E-state index is 0.0414. The van der Waals surface area contributed by atoms with Crippen molar-refractivity contribution in [1.82, 2.24) is 10.2 Å². The molecule has 228 valence electrons. The van der Waals surface area contributed by atoms with Crippen molar-refractivity contribution in [1.29, 1.82) is 0 Å². The van der Waals surface area contributed by atoms with Gasteiger partial charge in [-0.2, -0.15) is 26.3 Å². The Hall–Kier alpha value is -3.09. The smallest absolute Gasteiger partial charge is 0.368 e. The number of nitrogens with zero attached hydrogens (tertiary/aromatic N) is 1. The highest BCUT2D eigenvalue weighted by Gasteiger charge is 2.39. The standard InChI is InChI=1S/C28H36F6N4O3/c1-25(2,3)18(14-38-9-7-8-10-38)36-24(41)23(26(4,5)6)37-20-19(21(39)22(20)40)35-17-12-15(27(29,30)31)11-16(13-17)28(32,33)34/h11-13,18,23,35,37H,7-10,14H2,1-6H3,(H,36,41)/t18-,23?/m1/s1. The minimum atomic E-state index is -5.10. The maximum Gasteiger partial charge on any atom is 0.416 e.